The van der Waals surface area contributed by atoms with E-state index in [1.807, 2.05) is 35.0 Å². The molecule has 0 N–H and O–H groups in total. The van der Waals surface area contributed by atoms with Crippen molar-refractivity contribution in [2.24, 2.45) is 4.99 Å². The molecule has 1 aromatic carbocycles. The molecule has 0 spiro atoms. The SMILES string of the molecule is CCN(c1ccccc1)n1cncnc1=NC. The molecule has 0 radical (unpaired) electrons. The fourth-order valence-corrected chi connectivity index (χ4v) is 1.68. The Labute approximate surface area is 100 Å². The van der Waals surface area contributed by atoms with E-state index in [1.165, 1.54) is 6.33 Å². The summed E-state index contributed by atoms with van der Waals surface area (Å²) in [6.45, 7) is 2.89. The van der Waals surface area contributed by atoms with Crippen molar-refractivity contribution in [3.63, 3.8) is 0 Å². The summed E-state index contributed by atoms with van der Waals surface area (Å²) in [6, 6.07) is 10.1. The topological polar surface area (TPSA) is 46.3 Å². The number of anilines is 1. The monoisotopic (exact) mass is 229 g/mol. The molecule has 0 saturated heterocycles. The van der Waals surface area contributed by atoms with Crippen molar-refractivity contribution in [1.82, 2.24) is 14.6 Å². The lowest BCUT2D eigenvalue weighted by Gasteiger charge is -2.24. The fourth-order valence-electron chi connectivity index (χ4n) is 1.68. The summed E-state index contributed by atoms with van der Waals surface area (Å²) in [5, 5.41) is 2.06. The van der Waals surface area contributed by atoms with Gasteiger partial charge in [0, 0.05) is 13.6 Å². The first-order chi connectivity index (χ1) is 8.36. The minimum absolute atomic E-state index is 0.630. The van der Waals surface area contributed by atoms with Gasteiger partial charge < -0.3 is 0 Å². The van der Waals surface area contributed by atoms with Gasteiger partial charge in [-0.3, -0.25) is 10.0 Å². The van der Waals surface area contributed by atoms with Crippen molar-refractivity contribution in [1.29, 1.82) is 0 Å². The summed E-state index contributed by atoms with van der Waals surface area (Å²) < 4.78 is 1.84. The Morgan fingerprint density at radius 3 is 2.71 bits per heavy atom. The molecule has 0 aliphatic carbocycles. The molecule has 1 aromatic heterocycles. The summed E-state index contributed by atoms with van der Waals surface area (Å²) in [5.41, 5.74) is 1.71. The molecule has 5 nitrogen and oxygen atoms in total. The molecule has 0 aliphatic heterocycles. The smallest absolute Gasteiger partial charge is 0.246 e. The van der Waals surface area contributed by atoms with Crippen molar-refractivity contribution in [3.8, 4) is 0 Å². The Bertz CT molecular complexity index is 532. The number of nitrogens with zero attached hydrogens (tertiary/aromatic N) is 5. The van der Waals surface area contributed by atoms with Crippen molar-refractivity contribution in [3.05, 3.63) is 48.6 Å². The molecule has 2 aromatic rings. The van der Waals surface area contributed by atoms with Gasteiger partial charge in [-0.15, -0.1) is 0 Å². The fraction of sp³-hybridized carbons (Fsp3) is 0.250. The van der Waals surface area contributed by atoms with Crippen LogP contribution < -0.4 is 10.6 Å². The highest BCUT2D eigenvalue weighted by atomic mass is 15.6. The van der Waals surface area contributed by atoms with Gasteiger partial charge >= 0.3 is 0 Å². The Hall–Kier alpha value is -2.17. The maximum absolute atomic E-state index is 4.14. The van der Waals surface area contributed by atoms with Crippen LogP contribution in [-0.4, -0.2) is 28.2 Å². The van der Waals surface area contributed by atoms with Gasteiger partial charge in [-0.2, -0.15) is 4.98 Å². The van der Waals surface area contributed by atoms with Crippen LogP contribution in [0.25, 0.3) is 0 Å². The number of benzene rings is 1. The number of para-hydroxylation sites is 1. The van der Waals surface area contributed by atoms with Gasteiger partial charge in [0.1, 0.15) is 12.7 Å². The normalized spacial score (nSPS) is 11.5. The summed E-state index contributed by atoms with van der Waals surface area (Å²) >= 11 is 0. The second-order valence-corrected chi connectivity index (χ2v) is 3.43. The minimum atomic E-state index is 0.630. The lowest BCUT2D eigenvalue weighted by molar-refractivity contribution is 0.629. The second-order valence-electron chi connectivity index (χ2n) is 3.43. The highest BCUT2D eigenvalue weighted by molar-refractivity contribution is 5.45. The first kappa shape index (κ1) is 11.3. The lowest BCUT2D eigenvalue weighted by atomic mass is 10.3. The predicted octanol–water partition coefficient (Wildman–Crippen LogP) is 1.10. The van der Waals surface area contributed by atoms with Gasteiger partial charge in [-0.1, -0.05) is 18.2 Å². The minimum Gasteiger partial charge on any atom is -0.278 e. The van der Waals surface area contributed by atoms with Crippen LogP contribution in [0.2, 0.25) is 0 Å². The lowest BCUT2D eigenvalue weighted by Crippen LogP contribution is -2.40. The van der Waals surface area contributed by atoms with Crippen molar-refractivity contribution < 1.29 is 0 Å². The van der Waals surface area contributed by atoms with E-state index in [-0.39, 0.29) is 0 Å². The molecule has 0 fully saturated rings. The predicted molar refractivity (Wildman–Crippen MR) is 66.4 cm³/mol. The van der Waals surface area contributed by atoms with E-state index in [1.54, 1.807) is 13.4 Å². The zero-order chi connectivity index (χ0) is 12.1. The van der Waals surface area contributed by atoms with Crippen LogP contribution in [0.4, 0.5) is 5.69 Å². The Balaban J connectivity index is 2.50. The van der Waals surface area contributed by atoms with Crippen LogP contribution in [0.1, 0.15) is 6.92 Å². The van der Waals surface area contributed by atoms with Gasteiger partial charge in [0.25, 0.3) is 0 Å². The van der Waals surface area contributed by atoms with Crippen LogP contribution >= 0.6 is 0 Å². The van der Waals surface area contributed by atoms with Crippen molar-refractivity contribution >= 4 is 5.69 Å². The third-order valence-electron chi connectivity index (χ3n) is 2.43. The number of hydrogen-bond acceptors (Lipinski definition) is 4. The van der Waals surface area contributed by atoms with Crippen LogP contribution in [0.3, 0.4) is 0 Å². The van der Waals surface area contributed by atoms with E-state index in [4.69, 9.17) is 0 Å². The van der Waals surface area contributed by atoms with Crippen LogP contribution in [0, 0.1) is 0 Å². The van der Waals surface area contributed by atoms with Gasteiger partial charge in [-0.25, -0.2) is 9.66 Å². The van der Waals surface area contributed by atoms with E-state index >= 15 is 0 Å². The summed E-state index contributed by atoms with van der Waals surface area (Å²) in [6.07, 6.45) is 3.21. The Kier molecular flexibility index (Phi) is 3.49. The first-order valence-corrected chi connectivity index (χ1v) is 5.51. The second kappa shape index (κ2) is 5.25. The molecule has 1 heterocycles. The standard InChI is InChI=1S/C12H15N5/c1-3-16(11-7-5-4-6-8-11)17-10-14-9-15-12(17)13-2/h4-10H,3H2,1-2H3. The maximum atomic E-state index is 4.14. The molecule has 0 amide bonds. The maximum Gasteiger partial charge on any atom is 0.246 e. The van der Waals surface area contributed by atoms with Gasteiger partial charge in [-0.05, 0) is 19.1 Å². The zero-order valence-corrected chi connectivity index (χ0v) is 9.98. The molecule has 0 unspecified atom stereocenters. The van der Waals surface area contributed by atoms with E-state index in [0.717, 1.165) is 12.2 Å². The third kappa shape index (κ3) is 2.33. The van der Waals surface area contributed by atoms with Gasteiger partial charge in [0.2, 0.25) is 5.62 Å². The molecular formula is C12H15N5. The van der Waals surface area contributed by atoms with Gasteiger partial charge in [0.15, 0.2) is 0 Å². The molecular weight excluding hydrogens is 214 g/mol. The molecule has 0 atom stereocenters. The summed E-state index contributed by atoms with van der Waals surface area (Å²) in [4.78, 5) is 12.3. The highest BCUT2D eigenvalue weighted by Crippen LogP contribution is 2.11. The molecule has 17 heavy (non-hydrogen) atoms. The highest BCUT2D eigenvalue weighted by Gasteiger charge is 2.06. The van der Waals surface area contributed by atoms with Crippen LogP contribution in [0.5, 0.6) is 0 Å². The number of hydrogen-bond donors (Lipinski definition) is 0. The molecule has 0 bridgehead atoms. The summed E-state index contributed by atoms with van der Waals surface area (Å²) in [7, 11) is 1.72. The molecule has 0 aliphatic rings. The van der Waals surface area contributed by atoms with E-state index < -0.39 is 0 Å². The average molecular weight is 229 g/mol. The molecule has 5 heteroatoms. The molecule has 0 saturated carbocycles. The van der Waals surface area contributed by atoms with Gasteiger partial charge in [0.05, 0.1) is 5.69 Å². The average Bonchev–Trinajstić information content (AvgIpc) is 2.41. The van der Waals surface area contributed by atoms with E-state index in [2.05, 4.69) is 26.9 Å². The Morgan fingerprint density at radius 2 is 2.06 bits per heavy atom. The van der Waals surface area contributed by atoms with Crippen LogP contribution in [-0.2, 0) is 0 Å². The third-order valence-corrected chi connectivity index (χ3v) is 2.43. The quantitative estimate of drug-likeness (QED) is 0.791. The number of aromatic nitrogens is 3. The van der Waals surface area contributed by atoms with E-state index in [0.29, 0.717) is 5.62 Å². The molecule has 88 valence electrons. The summed E-state index contributed by atoms with van der Waals surface area (Å²) in [5.74, 6) is 0. The largest absolute Gasteiger partial charge is 0.278 e. The molecule has 2 rings (SSSR count). The first-order valence-electron chi connectivity index (χ1n) is 5.51. The van der Waals surface area contributed by atoms with Crippen molar-refractivity contribution in [2.45, 2.75) is 6.92 Å². The number of rotatable bonds is 3. The van der Waals surface area contributed by atoms with Crippen molar-refractivity contribution in [2.75, 3.05) is 18.6 Å². The van der Waals surface area contributed by atoms with E-state index in [9.17, 15) is 0 Å². The zero-order valence-electron chi connectivity index (χ0n) is 9.98. The van der Waals surface area contributed by atoms with Crippen LogP contribution in [0.15, 0.2) is 48.0 Å². The Morgan fingerprint density at radius 1 is 1.29 bits per heavy atom.